The van der Waals surface area contributed by atoms with Gasteiger partial charge in [0.15, 0.2) is 11.6 Å². The van der Waals surface area contributed by atoms with Gasteiger partial charge in [-0.05, 0) is 47.6 Å². The topological polar surface area (TPSA) is 76.1 Å². The van der Waals surface area contributed by atoms with E-state index < -0.39 is 11.6 Å². The molecule has 0 unspecified atom stereocenters. The summed E-state index contributed by atoms with van der Waals surface area (Å²) in [6.07, 6.45) is 4.27. The number of aromatic nitrogens is 2. The Morgan fingerprint density at radius 2 is 1.94 bits per heavy atom. The van der Waals surface area contributed by atoms with Crippen molar-refractivity contribution in [3.05, 3.63) is 88.6 Å². The molecule has 1 aliphatic rings. The van der Waals surface area contributed by atoms with Gasteiger partial charge in [0.25, 0.3) is 0 Å². The molecule has 35 heavy (non-hydrogen) atoms. The van der Waals surface area contributed by atoms with E-state index in [0.29, 0.717) is 44.0 Å². The number of hydrogen-bond acceptors (Lipinski definition) is 6. The van der Waals surface area contributed by atoms with Gasteiger partial charge >= 0.3 is 0 Å². The fraction of sp³-hybridized carbons (Fsp3) is 0.269. The lowest BCUT2D eigenvalue weighted by Gasteiger charge is -2.23. The van der Waals surface area contributed by atoms with Crippen molar-refractivity contribution in [2.24, 2.45) is 0 Å². The van der Waals surface area contributed by atoms with Gasteiger partial charge in [0.05, 0.1) is 11.9 Å². The van der Waals surface area contributed by atoms with E-state index in [9.17, 15) is 13.6 Å². The third kappa shape index (κ3) is 6.41. The minimum atomic E-state index is -0.591. The van der Waals surface area contributed by atoms with Crippen LogP contribution in [-0.4, -0.2) is 29.0 Å². The second kappa shape index (κ2) is 11.4. The number of hydrogen-bond donors (Lipinski definition) is 2. The maximum atomic E-state index is 14.8. The van der Waals surface area contributed by atoms with Gasteiger partial charge in [0, 0.05) is 32.2 Å². The van der Waals surface area contributed by atoms with Gasteiger partial charge in [-0.25, -0.2) is 13.8 Å². The number of benzene rings is 2. The van der Waals surface area contributed by atoms with E-state index in [4.69, 9.17) is 16.3 Å². The summed E-state index contributed by atoms with van der Waals surface area (Å²) in [7, 11) is 0. The molecule has 0 aliphatic carbocycles. The average Bonchev–Trinajstić information content (AvgIpc) is 2.87. The average molecular weight is 499 g/mol. The van der Waals surface area contributed by atoms with E-state index >= 15 is 0 Å². The van der Waals surface area contributed by atoms with Gasteiger partial charge in [-0.1, -0.05) is 42.4 Å². The molecule has 4 rings (SSSR count). The minimum Gasteiger partial charge on any atom is -0.381 e. The first-order chi connectivity index (χ1) is 16.9. The van der Waals surface area contributed by atoms with Gasteiger partial charge in [-0.2, -0.15) is 4.98 Å². The Labute approximate surface area is 207 Å². The number of carbonyl (C=O) groups is 1. The number of ether oxygens (including phenoxy) is 1. The van der Waals surface area contributed by atoms with Crippen molar-refractivity contribution in [1.29, 1.82) is 0 Å². The molecule has 1 aromatic heterocycles. The van der Waals surface area contributed by atoms with Crippen LogP contribution in [-0.2, 0) is 22.5 Å². The quantitative estimate of drug-likeness (QED) is 0.355. The number of halogens is 3. The van der Waals surface area contributed by atoms with Crippen LogP contribution in [0.1, 0.15) is 35.4 Å². The second-order valence-electron chi connectivity index (χ2n) is 8.28. The Hall–Kier alpha value is -3.36. The number of carbonyl (C=O) groups excluding carboxylic acids is 1. The number of ketones is 1. The smallest absolute Gasteiger partial charge is 0.229 e. The molecule has 0 radical (unpaired) electrons. The standard InChI is InChI=1S/C26H25ClF2N4O2/c1-2-19(34)11-16-4-3-5-17(10-16)14-30-25-21(27)15-31-26(33-25)32-24-13-22(28)20(12-23(24)29)18-6-8-35-9-7-18/h2-5,10,12-13,15,18H,1,6-9,11,14H2,(H2,30,31,32,33). The maximum absolute atomic E-state index is 14.8. The molecule has 3 aromatic rings. The van der Waals surface area contributed by atoms with Crippen LogP contribution in [0.25, 0.3) is 0 Å². The summed E-state index contributed by atoms with van der Waals surface area (Å²) in [4.78, 5) is 20.0. The molecule has 2 aromatic carbocycles. The van der Waals surface area contributed by atoms with E-state index in [1.54, 1.807) is 0 Å². The summed E-state index contributed by atoms with van der Waals surface area (Å²) in [6.45, 7) is 4.96. The van der Waals surface area contributed by atoms with Gasteiger partial charge in [-0.15, -0.1) is 0 Å². The Bertz CT molecular complexity index is 1230. The third-order valence-corrected chi connectivity index (χ3v) is 6.07. The van der Waals surface area contributed by atoms with Crippen molar-refractivity contribution < 1.29 is 18.3 Å². The van der Waals surface area contributed by atoms with Crippen molar-refractivity contribution in [3.63, 3.8) is 0 Å². The van der Waals surface area contributed by atoms with Gasteiger partial charge in [0.2, 0.25) is 5.95 Å². The van der Waals surface area contributed by atoms with Crippen molar-refractivity contribution in [3.8, 4) is 0 Å². The molecule has 2 heterocycles. The number of anilines is 3. The van der Waals surface area contributed by atoms with E-state index in [2.05, 4.69) is 27.2 Å². The summed E-state index contributed by atoms with van der Waals surface area (Å²) < 4.78 is 34.9. The molecule has 1 aliphatic heterocycles. The molecule has 2 N–H and O–H groups in total. The molecule has 1 saturated heterocycles. The predicted molar refractivity (Wildman–Crippen MR) is 132 cm³/mol. The fourth-order valence-electron chi connectivity index (χ4n) is 3.96. The second-order valence-corrected chi connectivity index (χ2v) is 8.68. The zero-order valence-corrected chi connectivity index (χ0v) is 19.7. The third-order valence-electron chi connectivity index (χ3n) is 5.80. The van der Waals surface area contributed by atoms with E-state index in [-0.39, 0.29) is 34.8 Å². The first kappa shape index (κ1) is 24.8. The van der Waals surface area contributed by atoms with Gasteiger partial charge in [-0.3, -0.25) is 4.79 Å². The lowest BCUT2D eigenvalue weighted by molar-refractivity contribution is -0.114. The summed E-state index contributed by atoms with van der Waals surface area (Å²) >= 11 is 6.23. The lowest BCUT2D eigenvalue weighted by atomic mass is 9.91. The number of allylic oxidation sites excluding steroid dienone is 1. The van der Waals surface area contributed by atoms with Crippen molar-refractivity contribution in [1.82, 2.24) is 9.97 Å². The van der Waals surface area contributed by atoms with Crippen LogP contribution in [0.3, 0.4) is 0 Å². The van der Waals surface area contributed by atoms with Crippen LogP contribution >= 0.6 is 11.6 Å². The molecule has 9 heteroatoms. The maximum Gasteiger partial charge on any atom is 0.229 e. The monoisotopic (exact) mass is 498 g/mol. The first-order valence-corrected chi connectivity index (χ1v) is 11.6. The SMILES string of the molecule is C=CC(=O)Cc1cccc(CNc2nc(Nc3cc(F)c(C4CCOCC4)cc3F)ncc2Cl)c1. The minimum absolute atomic E-state index is 0.0610. The Balaban J connectivity index is 1.46. The van der Waals surface area contributed by atoms with Crippen LogP contribution < -0.4 is 10.6 Å². The van der Waals surface area contributed by atoms with Gasteiger partial charge < -0.3 is 15.4 Å². The predicted octanol–water partition coefficient (Wildman–Crippen LogP) is 5.96. The fourth-order valence-corrected chi connectivity index (χ4v) is 4.12. The van der Waals surface area contributed by atoms with E-state index in [0.717, 1.165) is 17.2 Å². The molecule has 0 spiro atoms. The lowest BCUT2D eigenvalue weighted by Crippen LogP contribution is -2.15. The normalized spacial score (nSPS) is 13.9. The van der Waals surface area contributed by atoms with E-state index in [1.165, 1.54) is 18.3 Å². The number of nitrogens with zero attached hydrogens (tertiary/aromatic N) is 2. The highest BCUT2D eigenvalue weighted by molar-refractivity contribution is 6.32. The van der Waals surface area contributed by atoms with Crippen molar-refractivity contribution >= 4 is 34.8 Å². The highest BCUT2D eigenvalue weighted by atomic mass is 35.5. The number of rotatable bonds is 9. The molecule has 0 bridgehead atoms. The summed E-state index contributed by atoms with van der Waals surface area (Å²) in [6, 6.07) is 9.89. The number of nitrogens with one attached hydrogen (secondary N) is 2. The zero-order chi connectivity index (χ0) is 24.8. The summed E-state index contributed by atoms with van der Waals surface area (Å²) in [5.74, 6) is -0.803. The Kier molecular flexibility index (Phi) is 8.05. The van der Waals surface area contributed by atoms with Crippen LogP contribution in [0.4, 0.5) is 26.2 Å². The molecule has 0 amide bonds. The van der Waals surface area contributed by atoms with E-state index in [1.807, 2.05) is 24.3 Å². The Morgan fingerprint density at radius 3 is 2.71 bits per heavy atom. The van der Waals surface area contributed by atoms with Crippen molar-refractivity contribution in [2.75, 3.05) is 23.8 Å². The van der Waals surface area contributed by atoms with Crippen LogP contribution in [0.15, 0.2) is 55.3 Å². The molecular formula is C26H25ClF2N4O2. The first-order valence-electron chi connectivity index (χ1n) is 11.3. The molecule has 6 nitrogen and oxygen atoms in total. The summed E-state index contributed by atoms with van der Waals surface area (Å²) in [5.41, 5.74) is 2.08. The highest BCUT2D eigenvalue weighted by Gasteiger charge is 2.22. The Morgan fingerprint density at radius 1 is 1.17 bits per heavy atom. The van der Waals surface area contributed by atoms with Gasteiger partial charge in [0.1, 0.15) is 16.7 Å². The summed E-state index contributed by atoms with van der Waals surface area (Å²) in [5, 5.41) is 6.13. The molecule has 1 fully saturated rings. The van der Waals surface area contributed by atoms with Crippen LogP contribution in [0, 0.1) is 11.6 Å². The molecule has 182 valence electrons. The van der Waals surface area contributed by atoms with Crippen LogP contribution in [0.2, 0.25) is 5.02 Å². The van der Waals surface area contributed by atoms with Crippen molar-refractivity contribution in [2.45, 2.75) is 31.7 Å². The zero-order valence-electron chi connectivity index (χ0n) is 19.0. The molecule has 0 saturated carbocycles. The molecular weight excluding hydrogens is 474 g/mol. The molecule has 0 atom stereocenters. The highest BCUT2D eigenvalue weighted by Crippen LogP contribution is 2.32. The largest absolute Gasteiger partial charge is 0.381 e. The van der Waals surface area contributed by atoms with Crippen LogP contribution in [0.5, 0.6) is 0 Å².